The minimum absolute atomic E-state index is 0.203. The number of rotatable bonds is 4. The van der Waals surface area contributed by atoms with Gasteiger partial charge in [-0.2, -0.15) is 0 Å². The summed E-state index contributed by atoms with van der Waals surface area (Å²) in [6.07, 6.45) is -0.466. The highest BCUT2D eigenvalue weighted by atomic mass is 16.6. The molecule has 128 valence electrons. The molecule has 0 spiro atoms. The van der Waals surface area contributed by atoms with E-state index in [1.165, 1.54) is 0 Å². The molecule has 25 heavy (non-hydrogen) atoms. The molecule has 0 aliphatic carbocycles. The smallest absolute Gasteiger partial charge is 0.410 e. The maximum atomic E-state index is 12.8. The third kappa shape index (κ3) is 3.22. The quantitative estimate of drug-likeness (QED) is 0.804. The Kier molecular flexibility index (Phi) is 4.14. The van der Waals surface area contributed by atoms with Crippen LogP contribution in [0.5, 0.6) is 0 Å². The molecule has 2 saturated heterocycles. The summed E-state index contributed by atoms with van der Waals surface area (Å²) in [5.74, 6) is -0.633. The number of ether oxygens (including phenoxy) is 2. The van der Waals surface area contributed by atoms with Gasteiger partial charge in [-0.05, 0) is 11.1 Å². The van der Waals surface area contributed by atoms with E-state index in [2.05, 4.69) is 0 Å². The number of esters is 1. The van der Waals surface area contributed by atoms with E-state index in [0.717, 1.165) is 11.1 Å². The number of carbonyl (C=O) groups excluding carboxylic acids is 2. The lowest BCUT2D eigenvalue weighted by atomic mass is 9.96. The Morgan fingerprint density at radius 3 is 2.16 bits per heavy atom. The second-order valence-electron chi connectivity index (χ2n) is 6.48. The van der Waals surface area contributed by atoms with Crippen LogP contribution < -0.4 is 0 Å². The summed E-state index contributed by atoms with van der Waals surface area (Å²) in [7, 11) is 0. The van der Waals surface area contributed by atoms with Crippen LogP contribution in [-0.4, -0.2) is 36.2 Å². The van der Waals surface area contributed by atoms with Gasteiger partial charge in [0.1, 0.15) is 6.10 Å². The van der Waals surface area contributed by atoms with Crippen molar-refractivity contribution in [1.29, 1.82) is 0 Å². The number of amides is 1. The van der Waals surface area contributed by atoms with Crippen molar-refractivity contribution >= 4 is 12.1 Å². The van der Waals surface area contributed by atoms with Crippen molar-refractivity contribution in [1.82, 2.24) is 4.90 Å². The molecule has 2 atom stereocenters. The molecule has 0 N–H and O–H groups in total. The average molecular weight is 337 g/mol. The zero-order valence-corrected chi connectivity index (χ0v) is 13.7. The van der Waals surface area contributed by atoms with Crippen molar-refractivity contribution in [2.45, 2.75) is 18.6 Å². The molecule has 2 fully saturated rings. The lowest BCUT2D eigenvalue weighted by molar-refractivity contribution is -0.154. The molecule has 2 aliphatic heterocycles. The molecular weight excluding hydrogens is 318 g/mol. The summed E-state index contributed by atoms with van der Waals surface area (Å²) >= 11 is 0. The Morgan fingerprint density at radius 1 is 1.00 bits per heavy atom. The zero-order chi connectivity index (χ0) is 17.2. The Labute approximate surface area is 146 Å². The van der Waals surface area contributed by atoms with Crippen molar-refractivity contribution in [3.05, 3.63) is 71.8 Å². The summed E-state index contributed by atoms with van der Waals surface area (Å²) in [6.45, 7) is 0.938. The van der Waals surface area contributed by atoms with Crippen LogP contribution in [0.1, 0.15) is 23.7 Å². The zero-order valence-electron chi connectivity index (χ0n) is 13.7. The normalized spacial score (nSPS) is 22.0. The third-order valence-electron chi connectivity index (χ3n) is 4.71. The predicted octanol–water partition coefficient (Wildman–Crippen LogP) is 3.16. The lowest BCUT2D eigenvalue weighted by Gasteiger charge is -2.27. The van der Waals surface area contributed by atoms with Gasteiger partial charge in [-0.3, -0.25) is 4.79 Å². The number of nitrogens with zero attached hydrogens (tertiary/aromatic N) is 1. The molecule has 2 aliphatic rings. The van der Waals surface area contributed by atoms with Gasteiger partial charge in [0.05, 0.1) is 12.5 Å². The SMILES string of the molecule is O=C(OC(c1ccccc1)c1ccccc1)C1CC2CN(C1)C(=O)O2. The largest absolute Gasteiger partial charge is 0.452 e. The summed E-state index contributed by atoms with van der Waals surface area (Å²) in [6, 6.07) is 19.4. The fourth-order valence-electron chi connectivity index (χ4n) is 3.47. The van der Waals surface area contributed by atoms with Gasteiger partial charge in [0.2, 0.25) is 0 Å². The molecular formula is C20H19NO4. The molecule has 2 aromatic carbocycles. The van der Waals surface area contributed by atoms with Gasteiger partial charge >= 0.3 is 12.1 Å². The molecule has 4 rings (SSSR count). The van der Waals surface area contributed by atoms with Gasteiger partial charge in [-0.25, -0.2) is 4.79 Å². The number of piperidine rings is 1. The van der Waals surface area contributed by atoms with E-state index in [0.29, 0.717) is 19.5 Å². The molecule has 5 nitrogen and oxygen atoms in total. The van der Waals surface area contributed by atoms with Crippen LogP contribution in [0.2, 0.25) is 0 Å². The Bertz CT molecular complexity index is 722. The van der Waals surface area contributed by atoms with Crippen LogP contribution in [0.3, 0.4) is 0 Å². The van der Waals surface area contributed by atoms with E-state index in [1.54, 1.807) is 4.90 Å². The van der Waals surface area contributed by atoms with E-state index in [-0.39, 0.29) is 24.1 Å². The van der Waals surface area contributed by atoms with Crippen molar-refractivity contribution in [3.63, 3.8) is 0 Å². The average Bonchev–Trinajstić information content (AvgIpc) is 2.92. The Balaban J connectivity index is 1.55. The highest BCUT2D eigenvalue weighted by Crippen LogP contribution is 2.31. The summed E-state index contributed by atoms with van der Waals surface area (Å²) in [5, 5.41) is 0. The maximum absolute atomic E-state index is 12.8. The number of carbonyl (C=O) groups is 2. The summed E-state index contributed by atoms with van der Waals surface area (Å²) < 4.78 is 11.1. The topological polar surface area (TPSA) is 55.8 Å². The van der Waals surface area contributed by atoms with Gasteiger partial charge in [-0.15, -0.1) is 0 Å². The standard InChI is InChI=1S/C20H19NO4/c22-19(16-11-17-13-21(12-16)20(23)24-17)25-18(14-7-3-1-4-8-14)15-9-5-2-6-10-15/h1-10,16-18H,11-13H2. The second-order valence-corrected chi connectivity index (χ2v) is 6.48. The number of hydrogen-bond acceptors (Lipinski definition) is 4. The first-order valence-corrected chi connectivity index (χ1v) is 8.46. The molecule has 2 aromatic rings. The van der Waals surface area contributed by atoms with Crippen LogP contribution in [0.25, 0.3) is 0 Å². The highest BCUT2D eigenvalue weighted by Gasteiger charge is 2.42. The first-order valence-electron chi connectivity index (χ1n) is 8.46. The second kappa shape index (κ2) is 6.59. The first-order chi connectivity index (χ1) is 12.2. The van der Waals surface area contributed by atoms with Gasteiger partial charge in [0.25, 0.3) is 0 Å². The van der Waals surface area contributed by atoms with Crippen LogP contribution in [-0.2, 0) is 14.3 Å². The van der Waals surface area contributed by atoms with E-state index in [4.69, 9.17) is 9.47 Å². The Morgan fingerprint density at radius 2 is 1.60 bits per heavy atom. The van der Waals surface area contributed by atoms with Crippen LogP contribution in [0.4, 0.5) is 4.79 Å². The van der Waals surface area contributed by atoms with Crippen molar-refractivity contribution in [2.75, 3.05) is 13.1 Å². The third-order valence-corrected chi connectivity index (χ3v) is 4.71. The first kappa shape index (κ1) is 15.7. The van der Waals surface area contributed by atoms with Gasteiger partial charge < -0.3 is 14.4 Å². The van der Waals surface area contributed by atoms with Gasteiger partial charge in [0, 0.05) is 13.0 Å². The van der Waals surface area contributed by atoms with E-state index in [9.17, 15) is 9.59 Å². The molecule has 1 amide bonds. The molecule has 0 saturated carbocycles. The van der Waals surface area contributed by atoms with Crippen molar-refractivity contribution < 1.29 is 19.1 Å². The molecule has 0 aromatic heterocycles. The van der Waals surface area contributed by atoms with Crippen molar-refractivity contribution in [2.24, 2.45) is 5.92 Å². The number of hydrogen-bond donors (Lipinski definition) is 0. The van der Waals surface area contributed by atoms with Gasteiger partial charge in [0.15, 0.2) is 6.10 Å². The van der Waals surface area contributed by atoms with Gasteiger partial charge in [-0.1, -0.05) is 60.7 Å². The van der Waals surface area contributed by atoms with Crippen LogP contribution in [0.15, 0.2) is 60.7 Å². The minimum atomic E-state index is -0.457. The van der Waals surface area contributed by atoms with E-state index in [1.807, 2.05) is 60.7 Å². The van der Waals surface area contributed by atoms with E-state index >= 15 is 0 Å². The van der Waals surface area contributed by atoms with Crippen molar-refractivity contribution in [3.8, 4) is 0 Å². The monoisotopic (exact) mass is 337 g/mol. The number of fused-ring (bicyclic) bond motifs is 2. The molecule has 2 heterocycles. The fourth-order valence-corrected chi connectivity index (χ4v) is 3.47. The fraction of sp³-hybridized carbons (Fsp3) is 0.300. The Hall–Kier alpha value is -2.82. The molecule has 2 bridgehead atoms. The molecule has 2 unspecified atom stereocenters. The highest BCUT2D eigenvalue weighted by molar-refractivity contribution is 5.77. The van der Waals surface area contributed by atoms with Crippen LogP contribution >= 0.6 is 0 Å². The summed E-state index contributed by atoms with van der Waals surface area (Å²) in [5.41, 5.74) is 1.85. The van der Waals surface area contributed by atoms with Crippen LogP contribution in [0, 0.1) is 5.92 Å². The summed E-state index contributed by atoms with van der Waals surface area (Å²) in [4.78, 5) is 26.0. The minimum Gasteiger partial charge on any atom is -0.452 e. The maximum Gasteiger partial charge on any atom is 0.410 e. The lowest BCUT2D eigenvalue weighted by Crippen LogP contribution is -2.40. The predicted molar refractivity (Wildman–Crippen MR) is 90.8 cm³/mol. The molecule has 0 radical (unpaired) electrons. The molecule has 5 heteroatoms. The van der Waals surface area contributed by atoms with E-state index < -0.39 is 6.10 Å². The number of benzene rings is 2.